The van der Waals surface area contributed by atoms with Crippen molar-refractivity contribution in [3.05, 3.63) is 30.0 Å². The van der Waals surface area contributed by atoms with Crippen molar-refractivity contribution in [1.82, 2.24) is 14.7 Å². The zero-order valence-corrected chi connectivity index (χ0v) is 12.2. The summed E-state index contributed by atoms with van der Waals surface area (Å²) >= 11 is 0. The summed E-state index contributed by atoms with van der Waals surface area (Å²) in [5, 5.41) is 14.8. The second-order valence-electron chi connectivity index (χ2n) is 5.54. The van der Waals surface area contributed by atoms with Crippen LogP contribution in [-0.4, -0.2) is 52.1 Å². The van der Waals surface area contributed by atoms with Crippen LogP contribution in [0.15, 0.2) is 24.3 Å². The maximum absolute atomic E-state index is 11.0. The highest BCUT2D eigenvalue weighted by atomic mass is 16.5. The van der Waals surface area contributed by atoms with Gasteiger partial charge in [-0.25, -0.2) is 4.79 Å². The number of fused-ring (bicyclic) bond motifs is 1. The van der Waals surface area contributed by atoms with Gasteiger partial charge in [-0.2, -0.15) is 5.10 Å². The predicted molar refractivity (Wildman–Crippen MR) is 77.9 cm³/mol. The molecule has 1 atom stereocenters. The van der Waals surface area contributed by atoms with E-state index in [0.717, 1.165) is 36.2 Å². The number of rotatable bonds is 5. The van der Waals surface area contributed by atoms with Gasteiger partial charge in [0.25, 0.3) is 0 Å². The van der Waals surface area contributed by atoms with Crippen molar-refractivity contribution in [1.29, 1.82) is 0 Å². The predicted octanol–water partition coefficient (Wildman–Crippen LogP) is 1.10. The van der Waals surface area contributed by atoms with E-state index in [-0.39, 0.29) is 5.92 Å². The van der Waals surface area contributed by atoms with Gasteiger partial charge in [0.1, 0.15) is 0 Å². The molecule has 1 aliphatic rings. The third kappa shape index (κ3) is 2.52. The number of para-hydroxylation sites is 1. The molecular formula is C15H19N3O3. The van der Waals surface area contributed by atoms with Crippen LogP contribution >= 0.6 is 0 Å². The highest BCUT2D eigenvalue weighted by molar-refractivity contribution is 5.81. The highest BCUT2D eigenvalue weighted by Crippen LogP contribution is 2.25. The molecule has 0 radical (unpaired) electrons. The number of aromatic nitrogens is 2. The molecule has 1 N–H and O–H groups in total. The quantitative estimate of drug-likeness (QED) is 0.893. The van der Waals surface area contributed by atoms with Crippen molar-refractivity contribution in [2.24, 2.45) is 13.0 Å². The van der Waals surface area contributed by atoms with Crippen LogP contribution in [0.2, 0.25) is 0 Å². The minimum Gasteiger partial charge on any atom is -0.479 e. The van der Waals surface area contributed by atoms with Gasteiger partial charge in [0.05, 0.1) is 11.2 Å². The normalized spacial score (nSPS) is 17.8. The molecule has 112 valence electrons. The van der Waals surface area contributed by atoms with E-state index in [1.165, 1.54) is 7.11 Å². The van der Waals surface area contributed by atoms with E-state index in [2.05, 4.69) is 22.1 Å². The fraction of sp³-hybridized carbons (Fsp3) is 0.467. The van der Waals surface area contributed by atoms with Gasteiger partial charge in [0, 0.05) is 45.1 Å². The van der Waals surface area contributed by atoms with Crippen molar-refractivity contribution in [3.63, 3.8) is 0 Å². The number of likely N-dealkylation sites (tertiary alicyclic amines) is 1. The van der Waals surface area contributed by atoms with Crippen molar-refractivity contribution < 1.29 is 14.6 Å². The first kappa shape index (κ1) is 14.0. The Morgan fingerprint density at radius 3 is 2.86 bits per heavy atom. The molecule has 1 aromatic carbocycles. The van der Waals surface area contributed by atoms with Crippen molar-refractivity contribution in [2.45, 2.75) is 12.6 Å². The van der Waals surface area contributed by atoms with Gasteiger partial charge in [-0.1, -0.05) is 18.2 Å². The fourth-order valence-electron chi connectivity index (χ4n) is 3.04. The van der Waals surface area contributed by atoms with E-state index < -0.39 is 12.1 Å². The maximum atomic E-state index is 11.0. The summed E-state index contributed by atoms with van der Waals surface area (Å²) in [5.74, 6) is -0.826. The standard InChI is InChI=1S/C15H19N3O3/c1-17-13-6-4-3-5-11(13)12(16-17)9-18-7-10(8-18)14(21-2)15(19)20/h3-6,10,14H,7-9H2,1-2H3,(H,19,20). The number of methoxy groups -OCH3 is 1. The Morgan fingerprint density at radius 2 is 2.19 bits per heavy atom. The number of hydrogen-bond donors (Lipinski definition) is 1. The lowest BCUT2D eigenvalue weighted by Gasteiger charge is -2.41. The number of benzene rings is 1. The molecule has 21 heavy (non-hydrogen) atoms. The summed E-state index contributed by atoms with van der Waals surface area (Å²) in [7, 11) is 3.39. The molecule has 3 rings (SSSR count). The largest absolute Gasteiger partial charge is 0.479 e. The van der Waals surface area contributed by atoms with E-state index in [1.54, 1.807) is 0 Å². The molecule has 0 saturated carbocycles. The number of ether oxygens (including phenoxy) is 1. The summed E-state index contributed by atoms with van der Waals surface area (Å²) in [5.41, 5.74) is 2.15. The number of nitrogens with zero attached hydrogens (tertiary/aromatic N) is 3. The molecule has 6 nitrogen and oxygen atoms in total. The molecule has 6 heteroatoms. The van der Waals surface area contributed by atoms with Crippen LogP contribution in [0.25, 0.3) is 10.9 Å². The van der Waals surface area contributed by atoms with Crippen LogP contribution in [0.1, 0.15) is 5.69 Å². The smallest absolute Gasteiger partial charge is 0.333 e. The second kappa shape index (κ2) is 5.46. The Morgan fingerprint density at radius 1 is 1.48 bits per heavy atom. The first-order valence-electron chi connectivity index (χ1n) is 6.98. The summed E-state index contributed by atoms with van der Waals surface area (Å²) in [4.78, 5) is 13.3. The topological polar surface area (TPSA) is 67.6 Å². The minimum absolute atomic E-state index is 0.0578. The number of aryl methyl sites for hydroxylation is 1. The fourth-order valence-corrected chi connectivity index (χ4v) is 3.04. The van der Waals surface area contributed by atoms with Crippen LogP contribution in [0.4, 0.5) is 0 Å². The third-order valence-corrected chi connectivity index (χ3v) is 4.12. The average molecular weight is 289 g/mol. The number of carbonyl (C=O) groups is 1. The highest BCUT2D eigenvalue weighted by Gasteiger charge is 2.37. The van der Waals surface area contributed by atoms with Crippen LogP contribution in [0.3, 0.4) is 0 Å². The van der Waals surface area contributed by atoms with E-state index in [9.17, 15) is 4.79 Å². The first-order chi connectivity index (χ1) is 10.1. The molecule has 2 aromatic rings. The zero-order valence-electron chi connectivity index (χ0n) is 12.2. The van der Waals surface area contributed by atoms with Gasteiger partial charge in [-0.3, -0.25) is 9.58 Å². The van der Waals surface area contributed by atoms with Crippen LogP contribution in [0.5, 0.6) is 0 Å². The van der Waals surface area contributed by atoms with E-state index in [0.29, 0.717) is 0 Å². The van der Waals surface area contributed by atoms with Crippen LogP contribution < -0.4 is 0 Å². The first-order valence-corrected chi connectivity index (χ1v) is 6.98. The Balaban J connectivity index is 1.67. The lowest BCUT2D eigenvalue weighted by Crippen LogP contribution is -2.53. The van der Waals surface area contributed by atoms with Gasteiger partial charge in [0.15, 0.2) is 6.10 Å². The molecule has 0 bridgehead atoms. The molecule has 1 unspecified atom stereocenters. The van der Waals surface area contributed by atoms with E-state index in [1.807, 2.05) is 23.9 Å². The molecule has 0 amide bonds. The number of carboxylic acid groups (broad SMARTS) is 1. The third-order valence-electron chi connectivity index (χ3n) is 4.12. The molecule has 0 spiro atoms. The lowest BCUT2D eigenvalue weighted by atomic mass is 9.93. The lowest BCUT2D eigenvalue weighted by molar-refractivity contribution is -0.156. The van der Waals surface area contributed by atoms with Gasteiger partial charge in [-0.05, 0) is 6.07 Å². The Hall–Kier alpha value is -1.92. The van der Waals surface area contributed by atoms with Gasteiger partial charge < -0.3 is 9.84 Å². The molecule has 0 aliphatic carbocycles. The maximum Gasteiger partial charge on any atom is 0.333 e. The number of aliphatic carboxylic acids is 1. The van der Waals surface area contributed by atoms with Crippen molar-refractivity contribution >= 4 is 16.9 Å². The molecule has 1 saturated heterocycles. The molecular weight excluding hydrogens is 270 g/mol. The zero-order chi connectivity index (χ0) is 15.0. The van der Waals surface area contributed by atoms with Gasteiger partial charge in [-0.15, -0.1) is 0 Å². The van der Waals surface area contributed by atoms with Crippen molar-refractivity contribution in [2.75, 3.05) is 20.2 Å². The number of hydrogen-bond acceptors (Lipinski definition) is 4. The Bertz CT molecular complexity index is 661. The van der Waals surface area contributed by atoms with Crippen LogP contribution in [0, 0.1) is 5.92 Å². The van der Waals surface area contributed by atoms with Crippen LogP contribution in [-0.2, 0) is 23.1 Å². The van der Waals surface area contributed by atoms with Crippen molar-refractivity contribution in [3.8, 4) is 0 Å². The summed E-state index contributed by atoms with van der Waals surface area (Å²) < 4.78 is 6.93. The molecule has 1 fully saturated rings. The summed E-state index contributed by atoms with van der Waals surface area (Å²) in [6.07, 6.45) is -0.707. The Kier molecular flexibility index (Phi) is 3.65. The second-order valence-corrected chi connectivity index (χ2v) is 5.54. The summed E-state index contributed by atoms with van der Waals surface area (Å²) in [6.45, 7) is 2.21. The molecule has 2 heterocycles. The average Bonchev–Trinajstić information content (AvgIpc) is 2.74. The van der Waals surface area contributed by atoms with E-state index >= 15 is 0 Å². The van der Waals surface area contributed by atoms with Gasteiger partial charge in [0.2, 0.25) is 0 Å². The minimum atomic E-state index is -0.884. The molecule has 1 aliphatic heterocycles. The summed E-state index contributed by atoms with van der Waals surface area (Å²) in [6, 6.07) is 8.14. The number of carboxylic acids is 1. The van der Waals surface area contributed by atoms with E-state index in [4.69, 9.17) is 9.84 Å². The monoisotopic (exact) mass is 289 g/mol. The Labute approximate surface area is 122 Å². The molecule has 1 aromatic heterocycles. The van der Waals surface area contributed by atoms with Gasteiger partial charge >= 0.3 is 5.97 Å². The SMILES string of the molecule is COC(C(=O)O)C1CN(Cc2nn(C)c3ccccc23)C1.